The molecule has 1 aromatic carbocycles. The van der Waals surface area contributed by atoms with E-state index in [2.05, 4.69) is 15.9 Å². The number of nitriles is 1. The predicted octanol–water partition coefficient (Wildman–Crippen LogP) is 3.11. The summed E-state index contributed by atoms with van der Waals surface area (Å²) >= 11 is 8.48. The van der Waals surface area contributed by atoms with Gasteiger partial charge in [-0.3, -0.25) is 0 Å². The van der Waals surface area contributed by atoms with Gasteiger partial charge in [0.05, 0.1) is 10.0 Å². The number of hydrogen-bond donors (Lipinski definition) is 0. The van der Waals surface area contributed by atoms with Crippen molar-refractivity contribution in [3.8, 4) is 6.07 Å². The summed E-state index contributed by atoms with van der Waals surface area (Å²) in [6, 6.07) is 4.37. The first-order valence-corrected chi connectivity index (χ1v) is 3.87. The number of nitrogens with zero attached hydrogens (tertiary/aromatic N) is 1. The molecule has 4 heteroatoms. The first-order valence-electron chi connectivity index (χ1n) is 2.70. The second-order valence-electron chi connectivity index (χ2n) is 1.86. The molecule has 0 aliphatic heterocycles. The third-order valence-corrected chi connectivity index (χ3v) is 1.91. The minimum Gasteiger partial charge on any atom is -0.204 e. The van der Waals surface area contributed by atoms with Gasteiger partial charge in [-0.05, 0) is 28.1 Å². The largest absolute Gasteiger partial charge is 0.204 e. The van der Waals surface area contributed by atoms with Crippen LogP contribution in [0.2, 0.25) is 5.02 Å². The van der Waals surface area contributed by atoms with Gasteiger partial charge in [0.25, 0.3) is 0 Å². The molecule has 0 aliphatic carbocycles. The number of hydrogen-bond acceptors (Lipinski definition) is 1. The van der Waals surface area contributed by atoms with Crippen molar-refractivity contribution in [2.75, 3.05) is 0 Å². The van der Waals surface area contributed by atoms with Crippen molar-refractivity contribution >= 4 is 27.5 Å². The molecule has 0 N–H and O–H groups in total. The second-order valence-corrected chi connectivity index (χ2v) is 3.15. The molecule has 1 aromatic rings. The van der Waals surface area contributed by atoms with Crippen LogP contribution in [-0.4, -0.2) is 0 Å². The zero-order valence-electron chi connectivity index (χ0n) is 5.24. The van der Waals surface area contributed by atoms with Gasteiger partial charge < -0.3 is 0 Å². The van der Waals surface area contributed by atoms with Crippen LogP contribution in [0.1, 0.15) is 5.56 Å². The lowest BCUT2D eigenvalue weighted by molar-refractivity contribution is 0.617. The van der Waals surface area contributed by atoms with Crippen LogP contribution in [0, 0.1) is 17.1 Å². The lowest BCUT2D eigenvalue weighted by atomic mass is 10.2. The molecule has 0 aromatic heterocycles. The first-order chi connectivity index (χ1) is 5.15. The van der Waals surface area contributed by atoms with Crippen molar-refractivity contribution in [1.82, 2.24) is 0 Å². The molecule has 0 aliphatic rings. The third-order valence-electron chi connectivity index (χ3n) is 1.11. The monoisotopic (exact) mass is 233 g/mol. The summed E-state index contributed by atoms with van der Waals surface area (Å²) in [5.74, 6) is -0.572. The van der Waals surface area contributed by atoms with Gasteiger partial charge in [-0.15, -0.1) is 0 Å². The van der Waals surface area contributed by atoms with Gasteiger partial charge in [0.15, 0.2) is 5.82 Å². The number of halogens is 3. The van der Waals surface area contributed by atoms with E-state index in [1.165, 1.54) is 12.1 Å². The molecule has 0 radical (unpaired) electrons. The Morgan fingerprint density at radius 2 is 2.18 bits per heavy atom. The van der Waals surface area contributed by atoms with Gasteiger partial charge >= 0.3 is 0 Å². The van der Waals surface area contributed by atoms with E-state index >= 15 is 0 Å². The quantitative estimate of drug-likeness (QED) is 0.633. The minimum absolute atomic E-state index is 0.0515. The van der Waals surface area contributed by atoms with Crippen LogP contribution >= 0.6 is 27.5 Å². The smallest absolute Gasteiger partial charge is 0.155 e. The molecule has 0 saturated heterocycles. The Balaban J connectivity index is 3.39. The summed E-state index contributed by atoms with van der Waals surface area (Å²) in [5, 5.41) is 8.74. The summed E-state index contributed by atoms with van der Waals surface area (Å²) < 4.78 is 13.1. The van der Waals surface area contributed by atoms with Crippen LogP contribution in [-0.2, 0) is 0 Å². The highest BCUT2D eigenvalue weighted by atomic mass is 79.9. The number of benzene rings is 1. The standard InChI is InChI=1S/C7H2BrClFN/c8-6-2-5(9)1-4(3-11)7(6)10/h1-2H. The lowest BCUT2D eigenvalue weighted by Gasteiger charge is -1.96. The molecule has 56 valence electrons. The fourth-order valence-electron chi connectivity index (χ4n) is 0.637. The van der Waals surface area contributed by atoms with Crippen molar-refractivity contribution in [3.63, 3.8) is 0 Å². The molecule has 0 heterocycles. The van der Waals surface area contributed by atoms with Gasteiger partial charge in [0.1, 0.15) is 6.07 Å². The fourth-order valence-corrected chi connectivity index (χ4v) is 1.45. The Labute approximate surface area is 76.5 Å². The van der Waals surface area contributed by atoms with Gasteiger partial charge in [-0.25, -0.2) is 4.39 Å². The summed E-state index contributed by atoms with van der Waals surface area (Å²) in [7, 11) is 0. The topological polar surface area (TPSA) is 23.8 Å². The SMILES string of the molecule is N#Cc1cc(Cl)cc(Br)c1F. The Kier molecular flexibility index (Phi) is 2.48. The van der Waals surface area contributed by atoms with Crippen LogP contribution in [0.5, 0.6) is 0 Å². The maximum Gasteiger partial charge on any atom is 0.155 e. The van der Waals surface area contributed by atoms with Crippen molar-refractivity contribution in [2.45, 2.75) is 0 Å². The molecule has 0 unspecified atom stereocenters. The Morgan fingerprint density at radius 1 is 1.55 bits per heavy atom. The molecule has 0 saturated carbocycles. The van der Waals surface area contributed by atoms with E-state index in [0.717, 1.165) is 0 Å². The summed E-state index contributed by atoms with van der Waals surface area (Å²) in [6.07, 6.45) is 0. The maximum atomic E-state index is 12.9. The molecular formula is C7H2BrClFN. The Bertz CT molecular complexity index is 332. The van der Waals surface area contributed by atoms with E-state index in [1.54, 1.807) is 6.07 Å². The second kappa shape index (κ2) is 3.21. The van der Waals surface area contributed by atoms with Gasteiger partial charge in [0, 0.05) is 5.02 Å². The molecular weight excluding hydrogens is 232 g/mol. The van der Waals surface area contributed by atoms with Crippen molar-refractivity contribution in [2.24, 2.45) is 0 Å². The van der Waals surface area contributed by atoms with E-state index in [9.17, 15) is 4.39 Å². The maximum absolute atomic E-state index is 12.9. The van der Waals surface area contributed by atoms with Crippen LogP contribution in [0.3, 0.4) is 0 Å². The Morgan fingerprint density at radius 3 is 2.73 bits per heavy atom. The van der Waals surface area contributed by atoms with Crippen LogP contribution < -0.4 is 0 Å². The molecule has 0 fully saturated rings. The fraction of sp³-hybridized carbons (Fsp3) is 0. The van der Waals surface area contributed by atoms with Crippen LogP contribution in [0.25, 0.3) is 0 Å². The molecule has 1 nitrogen and oxygen atoms in total. The lowest BCUT2D eigenvalue weighted by Crippen LogP contribution is -1.84. The molecule has 1 rings (SSSR count). The van der Waals surface area contributed by atoms with E-state index < -0.39 is 5.82 Å². The summed E-state index contributed by atoms with van der Waals surface area (Å²) in [4.78, 5) is 0. The summed E-state index contributed by atoms with van der Waals surface area (Å²) in [5.41, 5.74) is -0.0515. The van der Waals surface area contributed by atoms with Crippen molar-refractivity contribution in [1.29, 1.82) is 5.26 Å². The average molecular weight is 234 g/mol. The average Bonchev–Trinajstić information content (AvgIpc) is 1.96. The van der Waals surface area contributed by atoms with Crippen LogP contribution in [0.15, 0.2) is 16.6 Å². The highest BCUT2D eigenvalue weighted by Crippen LogP contribution is 2.23. The molecule has 0 atom stereocenters. The number of rotatable bonds is 0. The van der Waals surface area contributed by atoms with Gasteiger partial charge in [-0.2, -0.15) is 5.26 Å². The first kappa shape index (κ1) is 8.51. The normalized spacial score (nSPS) is 9.27. The molecule has 0 amide bonds. The highest BCUT2D eigenvalue weighted by molar-refractivity contribution is 9.10. The Hall–Kier alpha value is -0.590. The molecule has 0 bridgehead atoms. The zero-order chi connectivity index (χ0) is 8.43. The van der Waals surface area contributed by atoms with Crippen molar-refractivity contribution in [3.05, 3.63) is 33.0 Å². The van der Waals surface area contributed by atoms with Crippen molar-refractivity contribution < 1.29 is 4.39 Å². The highest BCUT2D eigenvalue weighted by Gasteiger charge is 2.06. The van der Waals surface area contributed by atoms with E-state index in [-0.39, 0.29) is 10.0 Å². The van der Waals surface area contributed by atoms with E-state index in [4.69, 9.17) is 16.9 Å². The zero-order valence-corrected chi connectivity index (χ0v) is 7.58. The van der Waals surface area contributed by atoms with E-state index in [1.807, 2.05) is 0 Å². The van der Waals surface area contributed by atoms with E-state index in [0.29, 0.717) is 5.02 Å². The molecule has 0 spiro atoms. The predicted molar refractivity (Wildman–Crippen MR) is 43.8 cm³/mol. The van der Waals surface area contributed by atoms with Gasteiger partial charge in [-0.1, -0.05) is 11.6 Å². The minimum atomic E-state index is -0.572. The molecule has 11 heavy (non-hydrogen) atoms. The van der Waals surface area contributed by atoms with Gasteiger partial charge in [0.2, 0.25) is 0 Å². The third kappa shape index (κ3) is 1.70. The summed E-state index contributed by atoms with van der Waals surface area (Å²) in [6.45, 7) is 0. The van der Waals surface area contributed by atoms with Crippen LogP contribution in [0.4, 0.5) is 4.39 Å².